The number of piperidine rings is 1. The summed E-state index contributed by atoms with van der Waals surface area (Å²) >= 11 is 0. The molecule has 0 spiro atoms. The molecule has 2 heterocycles. The summed E-state index contributed by atoms with van der Waals surface area (Å²) in [6.07, 6.45) is 2.68. The molecule has 3 rings (SSSR count). The van der Waals surface area contributed by atoms with Crippen LogP contribution in [0.15, 0.2) is 18.2 Å². The molecule has 2 aromatic rings. The Morgan fingerprint density at radius 3 is 2.65 bits per heavy atom. The molecule has 6 nitrogen and oxygen atoms in total. The first-order chi connectivity index (χ1) is 11.1. The van der Waals surface area contributed by atoms with Crippen LogP contribution in [0.1, 0.15) is 43.5 Å². The molecule has 0 saturated carbocycles. The van der Waals surface area contributed by atoms with Crippen molar-refractivity contribution in [2.75, 3.05) is 19.7 Å². The van der Waals surface area contributed by atoms with E-state index in [0.717, 1.165) is 36.8 Å². The topological polar surface area (TPSA) is 71.2 Å². The molecule has 0 aliphatic carbocycles. The minimum Gasteiger partial charge on any atom is -0.396 e. The summed E-state index contributed by atoms with van der Waals surface area (Å²) in [4.78, 5) is 14.6. The van der Waals surface area contributed by atoms with Crippen molar-refractivity contribution < 1.29 is 9.90 Å². The Hall–Kier alpha value is -1.95. The van der Waals surface area contributed by atoms with Crippen LogP contribution in [0.25, 0.3) is 11.0 Å². The van der Waals surface area contributed by atoms with Gasteiger partial charge >= 0.3 is 0 Å². The fourth-order valence-corrected chi connectivity index (χ4v) is 3.33. The summed E-state index contributed by atoms with van der Waals surface area (Å²) in [6.45, 7) is 6.49. The molecule has 1 N–H and O–H groups in total. The highest BCUT2D eigenvalue weighted by Crippen LogP contribution is 2.34. The maximum absolute atomic E-state index is 12.7. The zero-order valence-electron chi connectivity index (χ0n) is 13.8. The molecule has 0 atom stereocenters. The quantitative estimate of drug-likeness (QED) is 0.937. The van der Waals surface area contributed by atoms with Gasteiger partial charge in [-0.15, -0.1) is 5.10 Å². The van der Waals surface area contributed by atoms with E-state index in [4.69, 9.17) is 0 Å². The third kappa shape index (κ3) is 2.83. The number of nitrogens with zero attached hydrogens (tertiary/aromatic N) is 4. The summed E-state index contributed by atoms with van der Waals surface area (Å²) in [5.74, 6) is 0.0422. The normalized spacial score (nSPS) is 17.6. The first-order valence-corrected chi connectivity index (χ1v) is 8.36. The van der Waals surface area contributed by atoms with Crippen LogP contribution in [0, 0.1) is 5.41 Å². The Morgan fingerprint density at radius 2 is 2.04 bits per heavy atom. The molecule has 1 saturated heterocycles. The van der Waals surface area contributed by atoms with Gasteiger partial charge in [0.1, 0.15) is 5.52 Å². The molecule has 1 fully saturated rings. The number of amides is 1. The third-order valence-electron chi connectivity index (χ3n) is 5.26. The molecule has 1 aromatic carbocycles. The van der Waals surface area contributed by atoms with Crippen molar-refractivity contribution in [3.63, 3.8) is 0 Å². The van der Waals surface area contributed by atoms with Crippen LogP contribution >= 0.6 is 0 Å². The number of hydrogen-bond donors (Lipinski definition) is 1. The molecule has 1 aliphatic heterocycles. The van der Waals surface area contributed by atoms with Crippen LogP contribution in [0.5, 0.6) is 0 Å². The van der Waals surface area contributed by atoms with Crippen LogP contribution in [0.2, 0.25) is 0 Å². The second-order valence-electron chi connectivity index (χ2n) is 6.41. The van der Waals surface area contributed by atoms with E-state index in [9.17, 15) is 9.90 Å². The lowest BCUT2D eigenvalue weighted by atomic mass is 9.77. The van der Waals surface area contributed by atoms with Gasteiger partial charge in [0.2, 0.25) is 0 Å². The van der Waals surface area contributed by atoms with Crippen LogP contribution in [-0.4, -0.2) is 50.6 Å². The van der Waals surface area contributed by atoms with Crippen molar-refractivity contribution in [1.29, 1.82) is 0 Å². The number of hydrogen-bond acceptors (Lipinski definition) is 4. The monoisotopic (exact) mass is 316 g/mol. The number of benzene rings is 1. The molecule has 6 heteroatoms. The largest absolute Gasteiger partial charge is 0.396 e. The van der Waals surface area contributed by atoms with E-state index in [2.05, 4.69) is 17.2 Å². The summed E-state index contributed by atoms with van der Waals surface area (Å²) in [5, 5.41) is 17.8. The molecular formula is C17H24N4O2. The van der Waals surface area contributed by atoms with Gasteiger partial charge in [-0.25, -0.2) is 4.68 Å². The van der Waals surface area contributed by atoms with Gasteiger partial charge in [-0.2, -0.15) is 0 Å². The fourth-order valence-electron chi connectivity index (χ4n) is 3.33. The van der Waals surface area contributed by atoms with Crippen molar-refractivity contribution >= 4 is 16.9 Å². The minimum absolute atomic E-state index is 0.00937. The number of aryl methyl sites for hydroxylation is 1. The van der Waals surface area contributed by atoms with E-state index in [1.54, 1.807) is 0 Å². The van der Waals surface area contributed by atoms with Crippen molar-refractivity contribution in [2.45, 2.75) is 39.7 Å². The van der Waals surface area contributed by atoms with E-state index in [-0.39, 0.29) is 17.9 Å². The second kappa shape index (κ2) is 6.28. The van der Waals surface area contributed by atoms with E-state index >= 15 is 0 Å². The summed E-state index contributed by atoms with van der Waals surface area (Å²) in [6, 6.07) is 5.60. The lowest BCUT2D eigenvalue weighted by Gasteiger charge is -2.40. The Bertz CT molecular complexity index is 696. The first kappa shape index (κ1) is 15.9. The summed E-state index contributed by atoms with van der Waals surface area (Å²) in [7, 11) is 0. The van der Waals surface area contributed by atoms with Gasteiger partial charge in [0, 0.05) is 31.8 Å². The van der Waals surface area contributed by atoms with E-state index in [1.807, 2.05) is 34.7 Å². The lowest BCUT2D eigenvalue weighted by Crippen LogP contribution is -2.44. The Morgan fingerprint density at radius 1 is 1.30 bits per heavy atom. The van der Waals surface area contributed by atoms with Crippen LogP contribution < -0.4 is 0 Å². The number of carbonyl (C=O) groups is 1. The zero-order chi connectivity index (χ0) is 16.4. The van der Waals surface area contributed by atoms with Crippen molar-refractivity contribution in [2.24, 2.45) is 5.41 Å². The Labute approximate surface area is 136 Å². The standard InChI is InChI=1S/C17H24N4O2/c1-3-17(12-22)7-9-20(10-8-17)16(23)13-5-6-15-14(11-13)18-19-21(15)4-2/h5-6,11,22H,3-4,7-10,12H2,1-2H3. The van der Waals surface area contributed by atoms with Crippen LogP contribution in [0.4, 0.5) is 0 Å². The number of likely N-dealkylation sites (tertiary alicyclic amines) is 1. The molecule has 0 radical (unpaired) electrons. The number of aliphatic hydroxyl groups is 1. The van der Waals surface area contributed by atoms with E-state index < -0.39 is 0 Å². The Balaban J connectivity index is 1.76. The number of aliphatic hydroxyl groups excluding tert-OH is 1. The highest BCUT2D eigenvalue weighted by atomic mass is 16.3. The molecule has 0 unspecified atom stereocenters. The van der Waals surface area contributed by atoms with Crippen molar-refractivity contribution in [1.82, 2.24) is 19.9 Å². The van der Waals surface area contributed by atoms with Gasteiger partial charge in [0.15, 0.2) is 0 Å². The predicted molar refractivity (Wildman–Crippen MR) is 88.1 cm³/mol. The average molecular weight is 316 g/mol. The SMILES string of the molecule is CCn1nnc2cc(C(=O)N3CCC(CC)(CO)CC3)ccc21. The lowest BCUT2D eigenvalue weighted by molar-refractivity contribution is 0.0338. The van der Waals surface area contributed by atoms with Crippen molar-refractivity contribution in [3.8, 4) is 0 Å². The molecule has 1 amide bonds. The van der Waals surface area contributed by atoms with E-state index in [1.165, 1.54) is 0 Å². The smallest absolute Gasteiger partial charge is 0.253 e. The Kier molecular flexibility index (Phi) is 4.35. The number of aromatic nitrogens is 3. The predicted octanol–water partition coefficient (Wildman–Crippen LogP) is 2.08. The number of rotatable bonds is 4. The molecule has 1 aliphatic rings. The first-order valence-electron chi connectivity index (χ1n) is 8.36. The molecular weight excluding hydrogens is 292 g/mol. The molecule has 23 heavy (non-hydrogen) atoms. The molecule has 124 valence electrons. The van der Waals surface area contributed by atoms with Gasteiger partial charge in [0.25, 0.3) is 5.91 Å². The van der Waals surface area contributed by atoms with Gasteiger partial charge in [0.05, 0.1) is 5.52 Å². The summed E-state index contributed by atoms with van der Waals surface area (Å²) < 4.78 is 1.82. The maximum atomic E-state index is 12.7. The summed E-state index contributed by atoms with van der Waals surface area (Å²) in [5.41, 5.74) is 2.36. The molecule has 0 bridgehead atoms. The third-order valence-corrected chi connectivity index (χ3v) is 5.26. The van der Waals surface area contributed by atoms with E-state index in [0.29, 0.717) is 18.7 Å². The average Bonchev–Trinajstić information content (AvgIpc) is 3.03. The van der Waals surface area contributed by atoms with Gasteiger partial charge in [-0.1, -0.05) is 12.1 Å². The van der Waals surface area contributed by atoms with Gasteiger partial charge in [-0.05, 0) is 49.8 Å². The van der Waals surface area contributed by atoms with Crippen LogP contribution in [-0.2, 0) is 6.54 Å². The van der Waals surface area contributed by atoms with Crippen LogP contribution in [0.3, 0.4) is 0 Å². The number of carbonyl (C=O) groups excluding carboxylic acids is 1. The number of fused-ring (bicyclic) bond motifs is 1. The van der Waals surface area contributed by atoms with Crippen molar-refractivity contribution in [3.05, 3.63) is 23.8 Å². The van der Waals surface area contributed by atoms with Gasteiger partial charge < -0.3 is 10.0 Å². The maximum Gasteiger partial charge on any atom is 0.253 e. The highest BCUT2D eigenvalue weighted by molar-refractivity contribution is 5.97. The zero-order valence-corrected chi connectivity index (χ0v) is 13.8. The minimum atomic E-state index is -0.00937. The fraction of sp³-hybridized carbons (Fsp3) is 0.588. The second-order valence-corrected chi connectivity index (χ2v) is 6.41. The molecule has 1 aromatic heterocycles. The highest BCUT2D eigenvalue weighted by Gasteiger charge is 2.34. The van der Waals surface area contributed by atoms with Gasteiger partial charge in [-0.3, -0.25) is 4.79 Å².